The zero-order chi connectivity index (χ0) is 16.0. The molecule has 5 heteroatoms. The smallest absolute Gasteiger partial charge is 0.126 e. The predicted molar refractivity (Wildman–Crippen MR) is 94.8 cm³/mol. The lowest BCUT2D eigenvalue weighted by molar-refractivity contribution is 0.409. The first-order valence-electron chi connectivity index (χ1n) is 7.27. The minimum absolute atomic E-state index is 0.147. The van der Waals surface area contributed by atoms with Crippen molar-refractivity contribution in [2.45, 2.75) is 18.7 Å². The average molecular weight is 308 g/mol. The van der Waals surface area contributed by atoms with Crippen molar-refractivity contribution >= 4 is 23.3 Å². The van der Waals surface area contributed by atoms with Gasteiger partial charge in [0.2, 0.25) is 0 Å². The maximum atomic E-state index is 7.94. The first-order chi connectivity index (χ1) is 9.86. The molecular formula is C16H28N4S. The highest BCUT2D eigenvalue weighted by Crippen LogP contribution is 2.29. The monoisotopic (exact) mass is 308 g/mol. The van der Waals surface area contributed by atoms with Gasteiger partial charge in [0, 0.05) is 30.2 Å². The molecule has 0 bridgehead atoms. The molecule has 3 N–H and O–H groups in total. The molecule has 1 rings (SSSR count). The minimum atomic E-state index is 0.147. The molecule has 0 saturated heterocycles. The molecule has 0 heterocycles. The van der Waals surface area contributed by atoms with Gasteiger partial charge in [0.15, 0.2) is 0 Å². The largest absolute Gasteiger partial charge is 0.384 e. The van der Waals surface area contributed by atoms with Crippen LogP contribution in [0.5, 0.6) is 0 Å². The predicted octanol–water partition coefficient (Wildman–Crippen LogP) is 2.72. The van der Waals surface area contributed by atoms with Gasteiger partial charge < -0.3 is 15.5 Å². The van der Waals surface area contributed by atoms with E-state index in [1.165, 1.54) is 0 Å². The normalized spacial score (nSPS) is 11.2. The third-order valence-corrected chi connectivity index (χ3v) is 4.02. The molecule has 0 saturated carbocycles. The molecule has 1 aromatic carbocycles. The standard InChI is InChI=1S/C16H28N4S/c1-12(2)11-20(10-9-19(3)4)13-7-6-8-14(21-5)15(13)16(17)18/h6-8,12H,9-11H2,1-5H3,(H3,17,18). The number of anilines is 1. The van der Waals surface area contributed by atoms with E-state index in [-0.39, 0.29) is 5.84 Å². The van der Waals surface area contributed by atoms with Crippen LogP contribution in [0.25, 0.3) is 0 Å². The van der Waals surface area contributed by atoms with Gasteiger partial charge in [-0.05, 0) is 38.4 Å². The molecule has 0 amide bonds. The van der Waals surface area contributed by atoms with Crippen molar-refractivity contribution in [2.24, 2.45) is 11.7 Å². The van der Waals surface area contributed by atoms with Gasteiger partial charge >= 0.3 is 0 Å². The van der Waals surface area contributed by atoms with E-state index >= 15 is 0 Å². The minimum Gasteiger partial charge on any atom is -0.384 e. The van der Waals surface area contributed by atoms with Gasteiger partial charge in [0.05, 0.1) is 5.56 Å². The van der Waals surface area contributed by atoms with E-state index in [9.17, 15) is 0 Å². The number of nitrogens with zero attached hydrogens (tertiary/aromatic N) is 2. The zero-order valence-corrected chi connectivity index (χ0v) is 14.6. The van der Waals surface area contributed by atoms with Crippen molar-refractivity contribution < 1.29 is 0 Å². The van der Waals surface area contributed by atoms with Crippen molar-refractivity contribution in [1.29, 1.82) is 5.41 Å². The van der Waals surface area contributed by atoms with Gasteiger partial charge in [-0.15, -0.1) is 11.8 Å². The van der Waals surface area contributed by atoms with Crippen molar-refractivity contribution in [3.8, 4) is 0 Å². The Morgan fingerprint density at radius 1 is 1.29 bits per heavy atom. The second kappa shape index (κ2) is 8.29. The molecule has 0 fully saturated rings. The first-order valence-corrected chi connectivity index (χ1v) is 8.50. The van der Waals surface area contributed by atoms with Crippen LogP contribution in [-0.2, 0) is 0 Å². The molecule has 0 spiro atoms. The van der Waals surface area contributed by atoms with Crippen LogP contribution in [-0.4, -0.2) is 50.7 Å². The SMILES string of the molecule is CSc1cccc(N(CCN(C)C)CC(C)C)c1C(=N)N. The molecule has 0 aromatic heterocycles. The quantitative estimate of drug-likeness (QED) is 0.440. The van der Waals surface area contributed by atoms with Crippen molar-refractivity contribution in [2.75, 3.05) is 44.9 Å². The van der Waals surface area contributed by atoms with Gasteiger partial charge in [0.1, 0.15) is 5.84 Å². The Morgan fingerprint density at radius 2 is 1.95 bits per heavy atom. The number of likely N-dealkylation sites (N-methyl/N-ethyl adjacent to an activating group) is 1. The fraction of sp³-hybridized carbons (Fsp3) is 0.562. The Morgan fingerprint density at radius 3 is 2.43 bits per heavy atom. The molecule has 4 nitrogen and oxygen atoms in total. The van der Waals surface area contributed by atoms with E-state index in [1.54, 1.807) is 11.8 Å². The Hall–Kier alpha value is -1.20. The second-order valence-corrected chi connectivity index (χ2v) is 6.76. The summed E-state index contributed by atoms with van der Waals surface area (Å²) in [6, 6.07) is 6.16. The van der Waals surface area contributed by atoms with Crippen LogP contribution in [0.15, 0.2) is 23.1 Å². The van der Waals surface area contributed by atoms with Crippen molar-refractivity contribution in [3.63, 3.8) is 0 Å². The lowest BCUT2D eigenvalue weighted by atomic mass is 10.1. The summed E-state index contributed by atoms with van der Waals surface area (Å²) >= 11 is 1.64. The topological polar surface area (TPSA) is 56.4 Å². The number of benzene rings is 1. The van der Waals surface area contributed by atoms with Crippen LogP contribution in [0.2, 0.25) is 0 Å². The van der Waals surface area contributed by atoms with Gasteiger partial charge in [-0.1, -0.05) is 19.9 Å². The summed E-state index contributed by atoms with van der Waals surface area (Å²) in [4.78, 5) is 5.60. The van der Waals surface area contributed by atoms with Crippen LogP contribution < -0.4 is 10.6 Å². The van der Waals surface area contributed by atoms with Crippen molar-refractivity contribution in [1.82, 2.24) is 4.90 Å². The molecule has 0 aliphatic rings. The van der Waals surface area contributed by atoms with Crippen LogP contribution in [0.3, 0.4) is 0 Å². The fourth-order valence-corrected chi connectivity index (χ4v) is 2.93. The molecule has 0 atom stereocenters. The maximum absolute atomic E-state index is 7.94. The molecule has 1 aromatic rings. The zero-order valence-electron chi connectivity index (χ0n) is 13.8. The van der Waals surface area contributed by atoms with Crippen LogP contribution in [0.1, 0.15) is 19.4 Å². The molecule has 0 unspecified atom stereocenters. The van der Waals surface area contributed by atoms with Gasteiger partial charge in [-0.2, -0.15) is 0 Å². The fourth-order valence-electron chi connectivity index (χ4n) is 2.30. The number of rotatable bonds is 8. The highest BCUT2D eigenvalue weighted by molar-refractivity contribution is 7.98. The highest BCUT2D eigenvalue weighted by atomic mass is 32.2. The summed E-state index contributed by atoms with van der Waals surface area (Å²) in [5.41, 5.74) is 7.79. The van der Waals surface area contributed by atoms with Crippen LogP contribution in [0.4, 0.5) is 5.69 Å². The highest BCUT2D eigenvalue weighted by Gasteiger charge is 2.17. The Labute approximate surface area is 133 Å². The summed E-state index contributed by atoms with van der Waals surface area (Å²) in [6.45, 7) is 7.31. The van der Waals surface area contributed by atoms with E-state index in [1.807, 2.05) is 12.3 Å². The maximum Gasteiger partial charge on any atom is 0.126 e. The lowest BCUT2D eigenvalue weighted by Gasteiger charge is -2.30. The average Bonchev–Trinajstić information content (AvgIpc) is 2.41. The third kappa shape index (κ3) is 5.25. The number of amidine groups is 1. The molecule has 0 aliphatic carbocycles. The summed E-state index contributed by atoms with van der Waals surface area (Å²) in [5, 5.41) is 7.94. The van der Waals surface area contributed by atoms with Crippen LogP contribution >= 0.6 is 11.8 Å². The number of nitrogen functional groups attached to an aromatic ring is 1. The summed E-state index contributed by atoms with van der Waals surface area (Å²) in [5.74, 6) is 0.707. The summed E-state index contributed by atoms with van der Waals surface area (Å²) in [6.07, 6.45) is 2.03. The summed E-state index contributed by atoms with van der Waals surface area (Å²) in [7, 11) is 4.16. The molecular weight excluding hydrogens is 280 g/mol. The van der Waals surface area contributed by atoms with E-state index < -0.39 is 0 Å². The third-order valence-electron chi connectivity index (χ3n) is 3.24. The Bertz CT molecular complexity index is 471. The molecule has 0 aliphatic heterocycles. The van der Waals surface area contributed by atoms with Crippen molar-refractivity contribution in [3.05, 3.63) is 23.8 Å². The van der Waals surface area contributed by atoms with E-state index in [2.05, 4.69) is 49.9 Å². The lowest BCUT2D eigenvalue weighted by Crippen LogP contribution is -2.36. The van der Waals surface area contributed by atoms with E-state index in [0.717, 1.165) is 35.8 Å². The number of nitrogens with two attached hydrogens (primary N) is 1. The molecule has 118 valence electrons. The first kappa shape index (κ1) is 17.9. The number of hydrogen-bond acceptors (Lipinski definition) is 4. The number of thioether (sulfide) groups is 1. The molecule has 0 radical (unpaired) electrons. The van der Waals surface area contributed by atoms with E-state index in [0.29, 0.717) is 5.92 Å². The van der Waals surface area contributed by atoms with Crippen LogP contribution in [0, 0.1) is 11.3 Å². The molecule has 21 heavy (non-hydrogen) atoms. The second-order valence-electron chi connectivity index (χ2n) is 5.91. The number of hydrogen-bond donors (Lipinski definition) is 2. The Kier molecular flexibility index (Phi) is 7.05. The number of nitrogens with one attached hydrogen (secondary N) is 1. The van der Waals surface area contributed by atoms with Gasteiger partial charge in [-0.25, -0.2) is 0 Å². The summed E-state index contributed by atoms with van der Waals surface area (Å²) < 4.78 is 0. The Balaban J connectivity index is 3.19. The van der Waals surface area contributed by atoms with E-state index in [4.69, 9.17) is 11.1 Å². The van der Waals surface area contributed by atoms with Gasteiger partial charge in [-0.3, -0.25) is 5.41 Å². The van der Waals surface area contributed by atoms with Gasteiger partial charge in [0.25, 0.3) is 0 Å².